The van der Waals surface area contributed by atoms with Crippen molar-refractivity contribution in [2.75, 3.05) is 24.7 Å². The monoisotopic (exact) mass is 505 g/mol. The van der Waals surface area contributed by atoms with Gasteiger partial charge in [0.15, 0.2) is 23.2 Å². The molecule has 0 unspecified atom stereocenters. The average Bonchev–Trinajstić information content (AvgIpc) is 3.44. The highest BCUT2D eigenvalue weighted by atomic mass is 16.6. The van der Waals surface area contributed by atoms with Gasteiger partial charge in [0.2, 0.25) is 5.95 Å². The highest BCUT2D eigenvalue weighted by molar-refractivity contribution is 5.95. The Labute approximate surface area is 211 Å². The van der Waals surface area contributed by atoms with Crippen LogP contribution in [0.5, 0.6) is 0 Å². The summed E-state index contributed by atoms with van der Waals surface area (Å²) in [6.45, 7) is -0.0936. The van der Waals surface area contributed by atoms with Crippen LogP contribution in [0.3, 0.4) is 0 Å². The molecule has 37 heavy (non-hydrogen) atoms. The van der Waals surface area contributed by atoms with E-state index in [4.69, 9.17) is 10.5 Å². The Bertz CT molecular complexity index is 1420. The number of nitrogens with one attached hydrogen (secondary N) is 2. The Morgan fingerprint density at radius 1 is 1.11 bits per heavy atom. The summed E-state index contributed by atoms with van der Waals surface area (Å²) in [4.78, 5) is 24.7. The van der Waals surface area contributed by atoms with E-state index in [-0.39, 0.29) is 11.7 Å². The number of carbonyl (C=O) groups is 1. The van der Waals surface area contributed by atoms with Crippen LogP contribution in [0.1, 0.15) is 22.1 Å². The molecular weight excluding hydrogens is 478 g/mol. The van der Waals surface area contributed by atoms with Crippen LogP contribution < -0.4 is 16.4 Å². The molecule has 1 fully saturated rings. The molecule has 5 rings (SSSR count). The van der Waals surface area contributed by atoms with Crippen molar-refractivity contribution in [1.82, 2.24) is 24.8 Å². The van der Waals surface area contributed by atoms with Crippen LogP contribution >= 0.6 is 0 Å². The van der Waals surface area contributed by atoms with E-state index in [1.54, 1.807) is 13.1 Å². The Kier molecular flexibility index (Phi) is 6.72. The first kappa shape index (κ1) is 24.6. The topological polar surface area (TPSA) is 181 Å². The molecule has 3 heterocycles. The number of aromatic nitrogens is 4. The van der Waals surface area contributed by atoms with Crippen molar-refractivity contribution in [1.29, 1.82) is 0 Å². The number of rotatable bonds is 7. The smallest absolute Gasteiger partial charge is 0.251 e. The number of ether oxygens (including phenoxy) is 1. The van der Waals surface area contributed by atoms with Gasteiger partial charge in [0.05, 0.1) is 6.61 Å². The maximum atomic E-state index is 12.0. The summed E-state index contributed by atoms with van der Waals surface area (Å²) in [5.41, 5.74) is 10.0. The number of carbonyl (C=O) groups excluding carboxylic acids is 1. The van der Waals surface area contributed by atoms with Crippen LogP contribution in [0, 0.1) is 0 Å². The van der Waals surface area contributed by atoms with Crippen LogP contribution in [0.25, 0.3) is 22.3 Å². The summed E-state index contributed by atoms with van der Waals surface area (Å²) in [6.07, 6.45) is -3.34. The summed E-state index contributed by atoms with van der Waals surface area (Å²) in [6, 6.07) is 15.2. The second-order valence-electron chi connectivity index (χ2n) is 8.68. The van der Waals surface area contributed by atoms with Crippen molar-refractivity contribution in [3.63, 3.8) is 0 Å². The summed E-state index contributed by atoms with van der Waals surface area (Å²) in [7, 11) is 1.60. The molecule has 0 radical (unpaired) electrons. The van der Waals surface area contributed by atoms with Crippen molar-refractivity contribution in [2.45, 2.75) is 31.1 Å². The van der Waals surface area contributed by atoms with Gasteiger partial charge in [-0.1, -0.05) is 36.4 Å². The number of aliphatic hydroxyl groups is 3. The molecule has 2 aromatic carbocycles. The molecule has 0 saturated carbocycles. The molecule has 1 saturated heterocycles. The molecule has 1 aliphatic heterocycles. The van der Waals surface area contributed by atoms with Crippen molar-refractivity contribution in [2.24, 2.45) is 0 Å². The first-order chi connectivity index (χ1) is 17.9. The Balaban J connectivity index is 1.40. The van der Waals surface area contributed by atoms with E-state index >= 15 is 0 Å². The zero-order valence-corrected chi connectivity index (χ0v) is 19.9. The number of imidazole rings is 1. The van der Waals surface area contributed by atoms with Gasteiger partial charge < -0.3 is 36.4 Å². The molecule has 1 amide bonds. The Hall–Kier alpha value is -4.10. The lowest BCUT2D eigenvalue weighted by Gasteiger charge is -2.19. The number of nitrogen functional groups attached to an aromatic ring is 1. The van der Waals surface area contributed by atoms with E-state index in [1.807, 2.05) is 42.5 Å². The fourth-order valence-corrected chi connectivity index (χ4v) is 4.37. The SMILES string of the molecule is CNC(=O)c1cccc(-c2ccc(CNc3nc4c(N)ncnc4n3[C@@H]3O[C@H](CO)[C@@H](O)[C@H]3O)cc2)c1. The van der Waals surface area contributed by atoms with Crippen molar-refractivity contribution >= 4 is 28.8 Å². The fraction of sp³-hybridized carbons (Fsp3) is 0.280. The molecular formula is C25H27N7O5. The molecule has 192 valence electrons. The summed E-state index contributed by atoms with van der Waals surface area (Å²) in [5.74, 6) is 0.311. The Morgan fingerprint density at radius 2 is 1.89 bits per heavy atom. The lowest BCUT2D eigenvalue weighted by atomic mass is 10.0. The van der Waals surface area contributed by atoms with Gasteiger partial charge in [0.25, 0.3) is 5.91 Å². The molecule has 4 atom stereocenters. The number of hydrogen-bond acceptors (Lipinski definition) is 10. The number of benzene rings is 2. The molecule has 12 heteroatoms. The lowest BCUT2D eigenvalue weighted by Crippen LogP contribution is -2.33. The second-order valence-corrected chi connectivity index (χ2v) is 8.68. The first-order valence-corrected chi connectivity index (χ1v) is 11.7. The standard InChI is InChI=1S/C25H27N7O5/c1-27-23(36)16-4-2-3-15(9-16)14-7-5-13(6-8-14)10-28-25-31-18-21(26)29-12-30-22(18)32(25)24-20(35)19(34)17(11-33)37-24/h2-9,12,17,19-20,24,33-35H,10-11H2,1H3,(H,27,36)(H,28,31)(H2,26,29,30)/t17-,19-,20-,24-/m1/s1. The summed E-state index contributed by atoms with van der Waals surface area (Å²) in [5, 5.41) is 36.2. The van der Waals surface area contributed by atoms with Crippen LogP contribution in [0.4, 0.5) is 11.8 Å². The third-order valence-electron chi connectivity index (χ3n) is 6.37. The van der Waals surface area contributed by atoms with Gasteiger partial charge in [-0.3, -0.25) is 9.36 Å². The van der Waals surface area contributed by atoms with Crippen molar-refractivity contribution in [3.05, 3.63) is 66.0 Å². The van der Waals surface area contributed by atoms with Crippen LogP contribution in [0.15, 0.2) is 54.9 Å². The number of amides is 1. The van der Waals surface area contributed by atoms with Gasteiger partial charge in [0, 0.05) is 19.2 Å². The number of nitrogens with zero attached hydrogens (tertiary/aromatic N) is 4. The lowest BCUT2D eigenvalue weighted by molar-refractivity contribution is -0.0501. The summed E-state index contributed by atoms with van der Waals surface area (Å²) < 4.78 is 7.23. The predicted octanol–water partition coefficient (Wildman–Crippen LogP) is 0.659. The third kappa shape index (κ3) is 4.58. The van der Waals surface area contributed by atoms with E-state index in [9.17, 15) is 20.1 Å². The van der Waals surface area contributed by atoms with Crippen LogP contribution in [0.2, 0.25) is 0 Å². The normalized spacial score (nSPS) is 21.3. The molecule has 4 aromatic rings. The van der Waals surface area contributed by atoms with E-state index in [2.05, 4.69) is 25.6 Å². The molecule has 12 nitrogen and oxygen atoms in total. The molecule has 0 spiro atoms. The molecule has 7 N–H and O–H groups in total. The van der Waals surface area contributed by atoms with E-state index < -0.39 is 31.1 Å². The second kappa shape index (κ2) is 10.1. The third-order valence-corrected chi connectivity index (χ3v) is 6.37. The fourth-order valence-electron chi connectivity index (χ4n) is 4.37. The van der Waals surface area contributed by atoms with E-state index in [0.717, 1.165) is 16.7 Å². The largest absolute Gasteiger partial charge is 0.394 e. The zero-order chi connectivity index (χ0) is 26.1. The van der Waals surface area contributed by atoms with Gasteiger partial charge >= 0.3 is 0 Å². The quantitative estimate of drug-likeness (QED) is 0.209. The van der Waals surface area contributed by atoms with E-state index in [1.165, 1.54) is 10.9 Å². The maximum Gasteiger partial charge on any atom is 0.251 e. The molecule has 0 bridgehead atoms. The number of anilines is 2. The zero-order valence-electron chi connectivity index (χ0n) is 19.9. The minimum Gasteiger partial charge on any atom is -0.394 e. The molecule has 1 aliphatic rings. The van der Waals surface area contributed by atoms with Crippen LogP contribution in [-0.4, -0.2) is 72.7 Å². The highest BCUT2D eigenvalue weighted by Gasteiger charge is 2.45. The number of fused-ring (bicyclic) bond motifs is 1. The Morgan fingerprint density at radius 3 is 2.59 bits per heavy atom. The minimum atomic E-state index is -1.32. The number of nitrogens with two attached hydrogens (primary N) is 1. The first-order valence-electron chi connectivity index (χ1n) is 11.7. The minimum absolute atomic E-state index is 0.148. The van der Waals surface area contributed by atoms with Crippen molar-refractivity contribution < 1.29 is 24.9 Å². The van der Waals surface area contributed by atoms with Crippen LogP contribution in [-0.2, 0) is 11.3 Å². The predicted molar refractivity (Wildman–Crippen MR) is 135 cm³/mol. The van der Waals surface area contributed by atoms with Gasteiger partial charge in [-0.2, -0.15) is 0 Å². The average molecular weight is 506 g/mol. The van der Waals surface area contributed by atoms with Crippen molar-refractivity contribution in [3.8, 4) is 11.1 Å². The van der Waals surface area contributed by atoms with Gasteiger partial charge in [-0.05, 0) is 28.8 Å². The van der Waals surface area contributed by atoms with Gasteiger partial charge in [-0.15, -0.1) is 0 Å². The number of hydrogen-bond donors (Lipinski definition) is 6. The number of aliphatic hydroxyl groups excluding tert-OH is 3. The molecule has 2 aromatic heterocycles. The molecule has 0 aliphatic carbocycles. The highest BCUT2D eigenvalue weighted by Crippen LogP contribution is 2.35. The van der Waals surface area contributed by atoms with Gasteiger partial charge in [-0.25, -0.2) is 15.0 Å². The maximum absolute atomic E-state index is 12.0. The van der Waals surface area contributed by atoms with E-state index in [0.29, 0.717) is 29.2 Å². The summed E-state index contributed by atoms with van der Waals surface area (Å²) >= 11 is 0. The van der Waals surface area contributed by atoms with Gasteiger partial charge in [0.1, 0.15) is 24.6 Å².